The van der Waals surface area contributed by atoms with Gasteiger partial charge in [-0.15, -0.1) is 0 Å². The average Bonchev–Trinajstić information content (AvgIpc) is 2.34. The lowest BCUT2D eigenvalue weighted by atomic mass is 9.88. The number of hydrogen-bond acceptors (Lipinski definition) is 3. The highest BCUT2D eigenvalue weighted by molar-refractivity contribution is 5.86. The van der Waals surface area contributed by atoms with Gasteiger partial charge in [0.15, 0.2) is 0 Å². The molecule has 0 aliphatic heterocycles. The minimum atomic E-state index is -0.985. The monoisotopic (exact) mass is 265 g/mol. The second-order valence-corrected chi connectivity index (χ2v) is 4.99. The van der Waals surface area contributed by atoms with Crippen molar-refractivity contribution in [1.29, 1.82) is 0 Å². The van der Waals surface area contributed by atoms with Gasteiger partial charge in [-0.25, -0.2) is 0 Å². The first-order valence-electron chi connectivity index (χ1n) is 5.98. The maximum absolute atomic E-state index is 11.9. The summed E-state index contributed by atoms with van der Waals surface area (Å²) >= 11 is 0. The van der Waals surface area contributed by atoms with Gasteiger partial charge >= 0.3 is 5.97 Å². The number of carboxylic acids is 1. The Morgan fingerprint density at radius 3 is 2.63 bits per heavy atom. The third-order valence-electron chi connectivity index (χ3n) is 2.80. The lowest BCUT2D eigenvalue weighted by molar-refractivity contribution is -0.144. The molecular weight excluding hydrogens is 246 g/mol. The summed E-state index contributed by atoms with van der Waals surface area (Å²) in [4.78, 5) is 22.6. The Hall–Kier alpha value is -2.04. The Bertz CT molecular complexity index is 468. The van der Waals surface area contributed by atoms with Crippen molar-refractivity contribution < 1.29 is 19.4 Å². The highest BCUT2D eigenvalue weighted by atomic mass is 16.5. The first-order valence-corrected chi connectivity index (χ1v) is 5.98. The quantitative estimate of drug-likeness (QED) is 0.822. The molecule has 0 saturated carbocycles. The molecule has 0 bridgehead atoms. The Kier molecular flexibility index (Phi) is 4.92. The van der Waals surface area contributed by atoms with Crippen molar-refractivity contribution in [2.24, 2.45) is 5.41 Å². The molecule has 0 saturated heterocycles. The van der Waals surface area contributed by atoms with Gasteiger partial charge in [-0.1, -0.05) is 26.0 Å². The van der Waals surface area contributed by atoms with Gasteiger partial charge in [-0.2, -0.15) is 0 Å². The molecule has 0 heterocycles. The zero-order valence-corrected chi connectivity index (χ0v) is 11.4. The van der Waals surface area contributed by atoms with Crippen LogP contribution in [0, 0.1) is 5.41 Å². The molecule has 2 N–H and O–H groups in total. The van der Waals surface area contributed by atoms with E-state index in [-0.39, 0.29) is 12.3 Å². The fraction of sp³-hybridized carbons (Fsp3) is 0.429. The molecule has 0 aromatic heterocycles. The predicted molar refractivity (Wildman–Crippen MR) is 70.9 cm³/mol. The van der Waals surface area contributed by atoms with Crippen LogP contribution in [0.25, 0.3) is 0 Å². The zero-order chi connectivity index (χ0) is 14.5. The van der Waals surface area contributed by atoms with E-state index in [1.54, 1.807) is 21.0 Å². The number of aliphatic carboxylic acids is 1. The third kappa shape index (κ3) is 4.62. The topological polar surface area (TPSA) is 75.6 Å². The largest absolute Gasteiger partial charge is 0.497 e. The maximum atomic E-state index is 11.9. The number of hydrogen-bond donors (Lipinski definition) is 2. The molecule has 0 radical (unpaired) electrons. The van der Waals surface area contributed by atoms with Gasteiger partial charge in [0, 0.05) is 6.54 Å². The smallest absolute Gasteiger partial charge is 0.304 e. The molecule has 0 spiro atoms. The number of carbonyl (C=O) groups excluding carboxylic acids is 1. The van der Waals surface area contributed by atoms with Crippen molar-refractivity contribution >= 4 is 11.9 Å². The number of nitrogens with one attached hydrogen (secondary N) is 1. The van der Waals surface area contributed by atoms with E-state index in [9.17, 15) is 9.59 Å². The number of carbonyl (C=O) groups is 2. The van der Waals surface area contributed by atoms with Crippen LogP contribution < -0.4 is 10.1 Å². The normalized spacial score (nSPS) is 10.9. The van der Waals surface area contributed by atoms with Crippen LogP contribution in [-0.4, -0.2) is 24.1 Å². The van der Waals surface area contributed by atoms with E-state index in [0.29, 0.717) is 6.54 Å². The Morgan fingerprint density at radius 2 is 2.05 bits per heavy atom. The van der Waals surface area contributed by atoms with Gasteiger partial charge in [0.05, 0.1) is 18.9 Å². The summed E-state index contributed by atoms with van der Waals surface area (Å²) in [5.74, 6) is -0.546. The highest BCUT2D eigenvalue weighted by Crippen LogP contribution is 2.20. The molecule has 104 valence electrons. The Morgan fingerprint density at radius 1 is 1.37 bits per heavy atom. The van der Waals surface area contributed by atoms with Crippen LogP contribution in [-0.2, 0) is 16.1 Å². The van der Waals surface area contributed by atoms with Crippen LogP contribution in [0.15, 0.2) is 24.3 Å². The molecule has 5 nitrogen and oxygen atoms in total. The number of benzene rings is 1. The number of ether oxygens (including phenoxy) is 1. The van der Waals surface area contributed by atoms with Crippen LogP contribution in [0.1, 0.15) is 25.8 Å². The second kappa shape index (κ2) is 6.22. The summed E-state index contributed by atoms with van der Waals surface area (Å²) in [7, 11) is 1.58. The van der Waals surface area contributed by atoms with Crippen molar-refractivity contribution in [2.45, 2.75) is 26.8 Å². The summed E-state index contributed by atoms with van der Waals surface area (Å²) in [6.45, 7) is 3.57. The van der Waals surface area contributed by atoms with Crippen molar-refractivity contribution in [3.05, 3.63) is 29.8 Å². The van der Waals surface area contributed by atoms with Crippen molar-refractivity contribution in [1.82, 2.24) is 5.32 Å². The lowest BCUT2D eigenvalue weighted by Crippen LogP contribution is -2.37. The van der Waals surface area contributed by atoms with E-state index >= 15 is 0 Å². The minimum Gasteiger partial charge on any atom is -0.497 e. The first-order chi connectivity index (χ1) is 8.85. The molecule has 19 heavy (non-hydrogen) atoms. The summed E-state index contributed by atoms with van der Waals surface area (Å²) in [6, 6.07) is 7.35. The second-order valence-electron chi connectivity index (χ2n) is 4.99. The lowest BCUT2D eigenvalue weighted by Gasteiger charge is -2.21. The molecule has 0 aliphatic rings. The van der Waals surface area contributed by atoms with Gasteiger partial charge in [-0.05, 0) is 17.7 Å². The Balaban J connectivity index is 2.60. The van der Waals surface area contributed by atoms with Crippen LogP contribution in [0.2, 0.25) is 0 Å². The van der Waals surface area contributed by atoms with Crippen LogP contribution in [0.3, 0.4) is 0 Å². The first kappa shape index (κ1) is 15.0. The molecule has 0 fully saturated rings. The molecule has 1 aromatic rings. The van der Waals surface area contributed by atoms with Gasteiger partial charge in [-0.3, -0.25) is 9.59 Å². The zero-order valence-electron chi connectivity index (χ0n) is 11.4. The van der Waals surface area contributed by atoms with Crippen LogP contribution in [0.5, 0.6) is 5.75 Å². The fourth-order valence-electron chi connectivity index (χ4n) is 1.66. The van der Waals surface area contributed by atoms with Gasteiger partial charge in [0.25, 0.3) is 0 Å². The highest BCUT2D eigenvalue weighted by Gasteiger charge is 2.30. The van der Waals surface area contributed by atoms with Crippen LogP contribution in [0.4, 0.5) is 0 Å². The van der Waals surface area contributed by atoms with Crippen molar-refractivity contribution in [3.63, 3.8) is 0 Å². The van der Waals surface area contributed by atoms with Gasteiger partial charge < -0.3 is 15.2 Å². The predicted octanol–water partition coefficient (Wildman–Crippen LogP) is 1.81. The maximum Gasteiger partial charge on any atom is 0.304 e. The summed E-state index contributed by atoms with van der Waals surface area (Å²) in [5, 5.41) is 11.5. The minimum absolute atomic E-state index is 0.197. The summed E-state index contributed by atoms with van der Waals surface area (Å²) in [5.41, 5.74) is -0.0242. The molecule has 0 unspecified atom stereocenters. The molecule has 5 heteroatoms. The number of methoxy groups -OCH3 is 1. The third-order valence-corrected chi connectivity index (χ3v) is 2.80. The summed E-state index contributed by atoms with van der Waals surface area (Å²) < 4.78 is 5.09. The van der Waals surface area contributed by atoms with Crippen molar-refractivity contribution in [3.8, 4) is 5.75 Å². The van der Waals surface area contributed by atoms with Crippen molar-refractivity contribution in [2.75, 3.05) is 7.11 Å². The van der Waals surface area contributed by atoms with E-state index < -0.39 is 11.4 Å². The van der Waals surface area contributed by atoms with Gasteiger partial charge in [0.2, 0.25) is 5.91 Å². The number of amides is 1. The average molecular weight is 265 g/mol. The van der Waals surface area contributed by atoms with E-state index in [0.717, 1.165) is 11.3 Å². The van der Waals surface area contributed by atoms with E-state index in [2.05, 4.69) is 5.32 Å². The summed E-state index contributed by atoms with van der Waals surface area (Å²) in [6.07, 6.45) is -0.197. The molecule has 0 atom stereocenters. The molecule has 1 aromatic carbocycles. The van der Waals surface area contributed by atoms with E-state index in [1.165, 1.54) is 0 Å². The number of rotatable bonds is 6. The number of carboxylic acid groups (broad SMARTS) is 1. The standard InChI is InChI=1S/C14H19NO4/c1-14(2,8-12(16)17)13(18)15-9-10-5-4-6-11(7-10)19-3/h4-7H,8-9H2,1-3H3,(H,15,18)(H,16,17). The molecule has 0 aliphatic carbocycles. The Labute approximate surface area is 112 Å². The van der Waals surface area contributed by atoms with E-state index in [4.69, 9.17) is 9.84 Å². The SMILES string of the molecule is COc1cccc(CNC(=O)C(C)(C)CC(=O)O)c1. The molecular formula is C14H19NO4. The van der Waals surface area contributed by atoms with Gasteiger partial charge in [0.1, 0.15) is 5.75 Å². The fourth-order valence-corrected chi connectivity index (χ4v) is 1.66. The molecule has 1 amide bonds. The van der Waals surface area contributed by atoms with Crippen LogP contribution >= 0.6 is 0 Å². The van der Waals surface area contributed by atoms with E-state index in [1.807, 2.05) is 24.3 Å². The molecule has 1 rings (SSSR count).